The minimum atomic E-state index is 0.0484. The summed E-state index contributed by atoms with van der Waals surface area (Å²) in [5.41, 5.74) is 0.851. The molecule has 0 spiro atoms. The smallest absolute Gasteiger partial charge is 0.241 e. The van der Waals surface area contributed by atoms with Gasteiger partial charge in [-0.25, -0.2) is 0 Å². The lowest BCUT2D eigenvalue weighted by Gasteiger charge is -2.35. The summed E-state index contributed by atoms with van der Waals surface area (Å²) in [6.07, 6.45) is 0.329. The van der Waals surface area contributed by atoms with Crippen LogP contribution in [0.2, 0.25) is 0 Å². The van der Waals surface area contributed by atoms with E-state index >= 15 is 0 Å². The van der Waals surface area contributed by atoms with Gasteiger partial charge in [-0.05, 0) is 24.3 Å². The van der Waals surface area contributed by atoms with Gasteiger partial charge in [0.25, 0.3) is 0 Å². The number of carbonyl (C=O) groups is 1. The second kappa shape index (κ2) is 11.2. The number of nitriles is 1. The fourth-order valence-corrected chi connectivity index (χ4v) is 3.42. The van der Waals surface area contributed by atoms with Crippen LogP contribution < -0.4 is 9.64 Å². The Kier molecular flexibility index (Phi) is 8.05. The van der Waals surface area contributed by atoms with Crippen molar-refractivity contribution >= 4 is 11.6 Å². The predicted octanol–water partition coefficient (Wildman–Crippen LogP) is 2.63. The van der Waals surface area contributed by atoms with Crippen molar-refractivity contribution in [2.24, 2.45) is 0 Å². The van der Waals surface area contributed by atoms with E-state index in [9.17, 15) is 4.79 Å². The standard InChI is InChI=1S/C23H28N4O2/c24-12-7-13-27(21-8-3-1-4-9-21)23(28)20-26-16-14-25(15-17-26)18-19-29-22-10-5-2-6-11-22/h1-6,8-11H,7,13-20H2. The van der Waals surface area contributed by atoms with E-state index in [2.05, 4.69) is 15.9 Å². The van der Waals surface area contributed by atoms with Crippen molar-refractivity contribution in [2.75, 3.05) is 57.3 Å². The molecule has 0 N–H and O–H groups in total. The molecule has 0 radical (unpaired) electrons. The zero-order chi connectivity index (χ0) is 20.3. The van der Waals surface area contributed by atoms with Crippen molar-refractivity contribution < 1.29 is 9.53 Å². The molecule has 1 fully saturated rings. The molecule has 29 heavy (non-hydrogen) atoms. The van der Waals surface area contributed by atoms with Gasteiger partial charge in [-0.15, -0.1) is 0 Å². The van der Waals surface area contributed by atoms with E-state index in [4.69, 9.17) is 10.00 Å². The van der Waals surface area contributed by atoms with Crippen molar-refractivity contribution in [3.8, 4) is 11.8 Å². The minimum absolute atomic E-state index is 0.0484. The first-order chi connectivity index (χ1) is 14.3. The van der Waals surface area contributed by atoms with Crippen molar-refractivity contribution in [1.82, 2.24) is 9.80 Å². The maximum Gasteiger partial charge on any atom is 0.241 e. The lowest BCUT2D eigenvalue weighted by molar-refractivity contribution is -0.120. The number of nitrogens with zero attached hydrogens (tertiary/aromatic N) is 4. The Labute approximate surface area is 172 Å². The molecule has 6 nitrogen and oxygen atoms in total. The van der Waals surface area contributed by atoms with E-state index in [0.717, 1.165) is 44.2 Å². The van der Waals surface area contributed by atoms with Crippen molar-refractivity contribution in [2.45, 2.75) is 6.42 Å². The molecule has 0 atom stereocenters. The normalized spacial score (nSPS) is 14.9. The SMILES string of the molecule is N#CCCN(C(=O)CN1CCN(CCOc2ccccc2)CC1)c1ccccc1. The Hall–Kier alpha value is -2.88. The number of ether oxygens (including phenoxy) is 1. The molecule has 0 aromatic heterocycles. The molecule has 0 aliphatic carbocycles. The molecule has 3 rings (SSSR count). The largest absolute Gasteiger partial charge is 0.492 e. The Balaban J connectivity index is 1.43. The summed E-state index contributed by atoms with van der Waals surface area (Å²) in [5, 5.41) is 8.92. The summed E-state index contributed by atoms with van der Waals surface area (Å²) in [6.45, 7) is 5.93. The summed E-state index contributed by atoms with van der Waals surface area (Å²) in [5.74, 6) is 0.947. The van der Waals surface area contributed by atoms with E-state index in [-0.39, 0.29) is 5.91 Å². The highest BCUT2D eigenvalue weighted by atomic mass is 16.5. The number of piperazine rings is 1. The van der Waals surface area contributed by atoms with Gasteiger partial charge >= 0.3 is 0 Å². The molecule has 1 amide bonds. The second-order valence-electron chi connectivity index (χ2n) is 7.07. The maximum absolute atomic E-state index is 12.9. The van der Waals surface area contributed by atoms with Crippen molar-refractivity contribution in [3.05, 3.63) is 60.7 Å². The number of rotatable bonds is 9. The van der Waals surface area contributed by atoms with Crippen LogP contribution in [-0.2, 0) is 4.79 Å². The summed E-state index contributed by atoms with van der Waals surface area (Å²) in [7, 11) is 0. The molecule has 2 aromatic carbocycles. The van der Waals surface area contributed by atoms with Gasteiger partial charge in [-0.2, -0.15) is 5.26 Å². The van der Waals surface area contributed by atoms with Gasteiger partial charge in [0.2, 0.25) is 5.91 Å². The molecule has 0 saturated carbocycles. The quantitative estimate of drug-likeness (QED) is 0.657. The summed E-state index contributed by atoms with van der Waals surface area (Å²) >= 11 is 0. The first kappa shape index (κ1) is 20.8. The molecular weight excluding hydrogens is 364 g/mol. The maximum atomic E-state index is 12.9. The third-order valence-corrected chi connectivity index (χ3v) is 5.06. The van der Waals surface area contributed by atoms with E-state index in [1.165, 1.54) is 0 Å². The number of carbonyl (C=O) groups excluding carboxylic acids is 1. The van der Waals surface area contributed by atoms with Gasteiger partial charge in [-0.3, -0.25) is 14.6 Å². The average Bonchev–Trinajstić information content (AvgIpc) is 2.77. The van der Waals surface area contributed by atoms with Crippen LogP contribution in [0.3, 0.4) is 0 Å². The van der Waals surface area contributed by atoms with Crippen LogP contribution in [0, 0.1) is 11.3 Å². The number of anilines is 1. The first-order valence-corrected chi connectivity index (χ1v) is 10.1. The van der Waals surface area contributed by atoms with Crippen LogP contribution in [0.15, 0.2) is 60.7 Å². The van der Waals surface area contributed by atoms with E-state index in [0.29, 0.717) is 26.1 Å². The molecule has 1 aliphatic heterocycles. The molecule has 0 bridgehead atoms. The van der Waals surface area contributed by atoms with Gasteiger partial charge < -0.3 is 9.64 Å². The van der Waals surface area contributed by atoms with E-state index in [1.807, 2.05) is 60.7 Å². The van der Waals surface area contributed by atoms with Crippen molar-refractivity contribution in [1.29, 1.82) is 5.26 Å². The number of hydrogen-bond donors (Lipinski definition) is 0. The Morgan fingerprint density at radius 2 is 1.59 bits per heavy atom. The third-order valence-electron chi connectivity index (χ3n) is 5.06. The fourth-order valence-electron chi connectivity index (χ4n) is 3.42. The number of benzene rings is 2. The molecule has 152 valence electrons. The zero-order valence-electron chi connectivity index (χ0n) is 16.7. The number of hydrogen-bond acceptors (Lipinski definition) is 5. The highest BCUT2D eigenvalue weighted by Crippen LogP contribution is 2.15. The van der Waals surface area contributed by atoms with Crippen LogP contribution in [0.25, 0.3) is 0 Å². The van der Waals surface area contributed by atoms with E-state index < -0.39 is 0 Å². The van der Waals surface area contributed by atoms with Crippen LogP contribution >= 0.6 is 0 Å². The van der Waals surface area contributed by atoms with Crippen molar-refractivity contribution in [3.63, 3.8) is 0 Å². The molecule has 2 aromatic rings. The van der Waals surface area contributed by atoms with Crippen LogP contribution in [0.1, 0.15) is 6.42 Å². The molecular formula is C23H28N4O2. The molecule has 1 saturated heterocycles. The van der Waals surface area contributed by atoms with Gasteiger partial charge in [0.15, 0.2) is 0 Å². The average molecular weight is 393 g/mol. The molecule has 0 unspecified atom stereocenters. The monoisotopic (exact) mass is 392 g/mol. The minimum Gasteiger partial charge on any atom is -0.492 e. The predicted molar refractivity (Wildman–Crippen MR) is 114 cm³/mol. The van der Waals surface area contributed by atoms with Crippen LogP contribution in [0.4, 0.5) is 5.69 Å². The van der Waals surface area contributed by atoms with Gasteiger partial charge in [0, 0.05) is 45.0 Å². The van der Waals surface area contributed by atoms with Crippen LogP contribution in [-0.4, -0.2) is 68.1 Å². The highest BCUT2D eigenvalue weighted by molar-refractivity contribution is 5.94. The Morgan fingerprint density at radius 1 is 0.966 bits per heavy atom. The van der Waals surface area contributed by atoms with Crippen LogP contribution in [0.5, 0.6) is 5.75 Å². The first-order valence-electron chi connectivity index (χ1n) is 10.1. The highest BCUT2D eigenvalue weighted by Gasteiger charge is 2.22. The number of amides is 1. The summed E-state index contributed by atoms with van der Waals surface area (Å²) < 4.78 is 5.78. The van der Waals surface area contributed by atoms with E-state index in [1.54, 1.807) is 4.90 Å². The second-order valence-corrected chi connectivity index (χ2v) is 7.07. The Bertz CT molecular complexity index is 784. The molecule has 6 heteroatoms. The lowest BCUT2D eigenvalue weighted by atomic mass is 10.2. The zero-order valence-corrected chi connectivity index (χ0v) is 16.7. The summed E-state index contributed by atoms with van der Waals surface area (Å²) in [4.78, 5) is 19.2. The Morgan fingerprint density at radius 3 is 2.24 bits per heavy atom. The summed E-state index contributed by atoms with van der Waals surface area (Å²) in [6, 6.07) is 21.6. The third kappa shape index (κ3) is 6.60. The fraction of sp³-hybridized carbons (Fsp3) is 0.391. The molecule has 1 heterocycles. The molecule has 1 aliphatic rings. The van der Waals surface area contributed by atoms with Gasteiger partial charge in [0.05, 0.1) is 19.0 Å². The lowest BCUT2D eigenvalue weighted by Crippen LogP contribution is -2.50. The topological polar surface area (TPSA) is 59.8 Å². The van der Waals surface area contributed by atoms with Gasteiger partial charge in [0.1, 0.15) is 12.4 Å². The van der Waals surface area contributed by atoms with Gasteiger partial charge in [-0.1, -0.05) is 36.4 Å². The number of para-hydroxylation sites is 2.